The van der Waals surface area contributed by atoms with E-state index in [1.165, 1.54) is 12.1 Å². The monoisotopic (exact) mass is 461 g/mol. The Kier molecular flexibility index (Phi) is 6.43. The summed E-state index contributed by atoms with van der Waals surface area (Å²) in [6.07, 6.45) is 11.2. The Morgan fingerprint density at radius 1 is 1.24 bits per heavy atom. The number of carbonyl (C=O) groups excluding carboxylic acids is 1. The number of benzene rings is 1. The molecule has 4 atom stereocenters. The largest absolute Gasteiger partial charge is 0.450 e. The fourth-order valence-corrected chi connectivity index (χ4v) is 5.41. The van der Waals surface area contributed by atoms with Gasteiger partial charge in [0.2, 0.25) is 0 Å². The maximum absolute atomic E-state index is 13.5. The van der Waals surface area contributed by atoms with Gasteiger partial charge in [-0.15, -0.1) is 0 Å². The third kappa shape index (κ3) is 4.74. The molecular formula is C27H28FN3O3. The van der Waals surface area contributed by atoms with Gasteiger partial charge in [0.15, 0.2) is 0 Å². The van der Waals surface area contributed by atoms with E-state index in [4.69, 9.17) is 9.26 Å². The average molecular weight is 462 g/mol. The lowest BCUT2D eigenvalue weighted by molar-refractivity contribution is 0.125. The lowest BCUT2D eigenvalue weighted by atomic mass is 9.64. The minimum atomic E-state index is -0.336. The topological polar surface area (TPSA) is 77.2 Å². The summed E-state index contributed by atoms with van der Waals surface area (Å²) in [5.41, 5.74) is 3.65. The van der Waals surface area contributed by atoms with Crippen LogP contribution in [0.4, 0.5) is 9.18 Å². The van der Waals surface area contributed by atoms with Crippen molar-refractivity contribution in [1.82, 2.24) is 15.5 Å². The first-order chi connectivity index (χ1) is 16.6. The van der Waals surface area contributed by atoms with Crippen molar-refractivity contribution in [2.75, 3.05) is 6.61 Å². The summed E-state index contributed by atoms with van der Waals surface area (Å²) in [5, 5.41) is 7.08. The highest BCUT2D eigenvalue weighted by atomic mass is 19.1. The number of halogens is 1. The number of hydrogen-bond donors (Lipinski definition) is 1. The summed E-state index contributed by atoms with van der Waals surface area (Å²) in [4.78, 5) is 16.5. The second kappa shape index (κ2) is 9.79. The van der Waals surface area contributed by atoms with Gasteiger partial charge in [0.25, 0.3) is 0 Å². The second-order valence-electron chi connectivity index (χ2n) is 9.09. The van der Waals surface area contributed by atoms with Gasteiger partial charge in [-0.2, -0.15) is 0 Å². The van der Waals surface area contributed by atoms with Gasteiger partial charge in [-0.05, 0) is 74.3 Å². The van der Waals surface area contributed by atoms with Crippen LogP contribution in [0, 0.1) is 17.7 Å². The number of amides is 1. The number of hydrogen-bond acceptors (Lipinski definition) is 5. The van der Waals surface area contributed by atoms with E-state index in [9.17, 15) is 9.18 Å². The normalized spacial score (nSPS) is 23.8. The number of pyridine rings is 1. The van der Waals surface area contributed by atoms with Crippen LogP contribution in [0.1, 0.15) is 49.1 Å². The van der Waals surface area contributed by atoms with Gasteiger partial charge in [0.1, 0.15) is 11.6 Å². The Balaban J connectivity index is 1.32. The number of alkyl carbamates (subject to hydrolysis) is 1. The molecular weight excluding hydrogens is 433 g/mol. The molecule has 0 spiro atoms. The van der Waals surface area contributed by atoms with Crippen LogP contribution in [-0.2, 0) is 11.2 Å². The van der Waals surface area contributed by atoms with E-state index in [2.05, 4.69) is 21.5 Å². The van der Waals surface area contributed by atoms with Crippen molar-refractivity contribution in [3.8, 4) is 11.1 Å². The highest BCUT2D eigenvalue weighted by molar-refractivity contribution is 5.67. The first kappa shape index (κ1) is 22.3. The van der Waals surface area contributed by atoms with Crippen LogP contribution in [0.15, 0.2) is 59.4 Å². The van der Waals surface area contributed by atoms with Crippen LogP contribution in [0.2, 0.25) is 0 Å². The molecule has 2 heterocycles. The van der Waals surface area contributed by atoms with Crippen LogP contribution in [-0.4, -0.2) is 28.9 Å². The first-order valence-corrected chi connectivity index (χ1v) is 11.9. The van der Waals surface area contributed by atoms with E-state index in [1.54, 1.807) is 12.3 Å². The molecule has 0 unspecified atom stereocenters. The molecule has 0 radical (unpaired) electrons. The number of nitrogens with zero attached hydrogens (tertiary/aromatic N) is 2. The number of carbonyl (C=O) groups is 1. The second-order valence-corrected chi connectivity index (χ2v) is 9.09. The standard InChI is InChI=1S/C27H28FN3O3/c1-2-33-27(32)31-23-9-10-24-19(14-23)12-20-16-30-34-26(20)25(24)11-8-22-7-6-18(15-29-22)17-4-3-5-21(28)13-17/h3-8,11,13,15-16,19,23-25H,2,9-10,12,14H2,1H3,(H,31,32)/b11-8+/t19-,23+,24-,25+/m1/s1. The minimum absolute atomic E-state index is 0.115. The van der Waals surface area contributed by atoms with Crippen LogP contribution in [0.3, 0.4) is 0 Å². The number of nitrogens with one attached hydrogen (secondary N) is 1. The maximum Gasteiger partial charge on any atom is 0.407 e. The molecule has 6 nitrogen and oxygen atoms in total. The fraction of sp³-hybridized carbons (Fsp3) is 0.370. The summed E-state index contributed by atoms with van der Waals surface area (Å²) in [7, 11) is 0. The smallest absolute Gasteiger partial charge is 0.407 e. The third-order valence-corrected chi connectivity index (χ3v) is 6.98. The van der Waals surface area contributed by atoms with Crippen molar-refractivity contribution in [3.05, 3.63) is 77.7 Å². The van der Waals surface area contributed by atoms with Gasteiger partial charge in [0.05, 0.1) is 18.5 Å². The van der Waals surface area contributed by atoms with Crippen molar-refractivity contribution in [2.45, 2.75) is 44.6 Å². The Morgan fingerprint density at radius 3 is 2.94 bits per heavy atom. The van der Waals surface area contributed by atoms with Crippen LogP contribution in [0.5, 0.6) is 0 Å². The molecule has 2 aliphatic carbocycles. The molecule has 2 aromatic heterocycles. The van der Waals surface area contributed by atoms with Gasteiger partial charge >= 0.3 is 6.09 Å². The summed E-state index contributed by atoms with van der Waals surface area (Å²) < 4.78 is 24.3. The molecule has 1 aromatic carbocycles. The fourth-order valence-electron chi connectivity index (χ4n) is 5.41. The van der Waals surface area contributed by atoms with Gasteiger partial charge in [-0.1, -0.05) is 29.4 Å². The predicted octanol–water partition coefficient (Wildman–Crippen LogP) is 5.76. The zero-order valence-electron chi connectivity index (χ0n) is 19.1. The van der Waals surface area contributed by atoms with Crippen molar-refractivity contribution in [3.63, 3.8) is 0 Å². The molecule has 1 saturated carbocycles. The van der Waals surface area contributed by atoms with Crippen molar-refractivity contribution in [1.29, 1.82) is 0 Å². The minimum Gasteiger partial charge on any atom is -0.450 e. The first-order valence-electron chi connectivity index (χ1n) is 11.9. The zero-order chi connectivity index (χ0) is 23.5. The Labute approximate surface area is 198 Å². The van der Waals surface area contributed by atoms with E-state index in [0.717, 1.165) is 53.8 Å². The molecule has 2 aliphatic rings. The molecule has 5 rings (SSSR count). The summed E-state index contributed by atoms with van der Waals surface area (Å²) in [6, 6.07) is 10.5. The van der Waals surface area contributed by atoms with Gasteiger partial charge in [-0.3, -0.25) is 4.98 Å². The summed E-state index contributed by atoms with van der Waals surface area (Å²) in [5.74, 6) is 1.65. The lowest BCUT2D eigenvalue weighted by Gasteiger charge is -2.41. The Hall–Kier alpha value is -3.48. The number of fused-ring (bicyclic) bond motifs is 2. The molecule has 176 valence electrons. The zero-order valence-corrected chi connectivity index (χ0v) is 19.1. The van der Waals surface area contributed by atoms with Crippen LogP contribution >= 0.6 is 0 Å². The Bertz CT molecular complexity index is 1170. The van der Waals surface area contributed by atoms with Gasteiger partial charge < -0.3 is 14.6 Å². The lowest BCUT2D eigenvalue weighted by Crippen LogP contribution is -2.43. The molecule has 1 fully saturated rings. The van der Waals surface area contributed by atoms with Gasteiger partial charge in [-0.25, -0.2) is 9.18 Å². The molecule has 1 amide bonds. The van der Waals surface area contributed by atoms with E-state index in [-0.39, 0.29) is 23.9 Å². The SMILES string of the molecule is CCOC(=O)N[C@H]1CC[C@@H]2[C@H](Cc3cnoc3[C@H]2/C=C/c2ccc(-c3cccc(F)c3)cn2)C1. The summed E-state index contributed by atoms with van der Waals surface area (Å²) in [6.45, 7) is 2.19. The number of aromatic nitrogens is 2. The molecule has 0 aliphatic heterocycles. The number of allylic oxidation sites excluding steroid dienone is 1. The van der Waals surface area contributed by atoms with E-state index < -0.39 is 0 Å². The molecule has 0 bridgehead atoms. The highest BCUT2D eigenvalue weighted by Crippen LogP contribution is 2.47. The number of ether oxygens (including phenoxy) is 1. The number of rotatable bonds is 5. The van der Waals surface area contributed by atoms with E-state index >= 15 is 0 Å². The average Bonchev–Trinajstić information content (AvgIpc) is 3.30. The molecule has 7 heteroatoms. The molecule has 34 heavy (non-hydrogen) atoms. The molecule has 3 aromatic rings. The van der Waals surface area contributed by atoms with Crippen molar-refractivity contribution >= 4 is 12.2 Å². The van der Waals surface area contributed by atoms with Crippen LogP contribution in [0.25, 0.3) is 17.2 Å². The van der Waals surface area contributed by atoms with E-state index in [1.807, 2.05) is 37.4 Å². The van der Waals surface area contributed by atoms with Crippen molar-refractivity contribution < 1.29 is 18.4 Å². The van der Waals surface area contributed by atoms with Gasteiger partial charge in [0, 0.05) is 29.3 Å². The third-order valence-electron chi connectivity index (χ3n) is 6.98. The Morgan fingerprint density at radius 2 is 2.15 bits per heavy atom. The summed E-state index contributed by atoms with van der Waals surface area (Å²) >= 11 is 0. The maximum atomic E-state index is 13.5. The van der Waals surface area contributed by atoms with Crippen LogP contribution < -0.4 is 5.32 Å². The highest BCUT2D eigenvalue weighted by Gasteiger charge is 2.42. The quantitative estimate of drug-likeness (QED) is 0.523. The molecule has 1 N–H and O–H groups in total. The van der Waals surface area contributed by atoms with Crippen molar-refractivity contribution in [2.24, 2.45) is 11.8 Å². The van der Waals surface area contributed by atoms with E-state index in [0.29, 0.717) is 18.4 Å². The molecule has 0 saturated heterocycles. The predicted molar refractivity (Wildman–Crippen MR) is 126 cm³/mol.